The molecule has 198 valence electrons. The van der Waals surface area contributed by atoms with E-state index in [4.69, 9.17) is 29.7 Å². The summed E-state index contributed by atoms with van der Waals surface area (Å²) in [5, 5.41) is 41.4. The topological polar surface area (TPSA) is 179 Å². The number of nitrogens with zero attached hydrogens (tertiary/aromatic N) is 1. The number of carboxylic acid groups (broad SMARTS) is 3. The third-order valence-corrected chi connectivity index (χ3v) is 5.84. The van der Waals surface area contributed by atoms with E-state index in [1.165, 1.54) is 11.1 Å². The Labute approximate surface area is 209 Å². The molecule has 0 spiro atoms. The molecule has 1 aliphatic rings. The Hall–Kier alpha value is -3.28. The number of ether oxygens (including phenoxy) is 1. The average Bonchev–Trinajstić information content (AvgIpc) is 3.40. The quantitative estimate of drug-likeness (QED) is 0.301. The van der Waals surface area contributed by atoms with Crippen LogP contribution in [0.2, 0.25) is 0 Å². The second-order valence-corrected chi connectivity index (χ2v) is 9.30. The number of carbonyl (C=O) groups is 3. The molecule has 3 rings (SSSR count). The van der Waals surface area contributed by atoms with E-state index < -0.39 is 36.4 Å². The first-order valence-electron chi connectivity index (χ1n) is 11.6. The van der Waals surface area contributed by atoms with Crippen LogP contribution in [0, 0.1) is 12.8 Å². The van der Waals surface area contributed by atoms with Gasteiger partial charge in [0.2, 0.25) is 0 Å². The van der Waals surface area contributed by atoms with Gasteiger partial charge in [0.05, 0.1) is 31.7 Å². The van der Waals surface area contributed by atoms with E-state index in [1.807, 2.05) is 13.0 Å². The lowest BCUT2D eigenvalue weighted by Gasteiger charge is -2.18. The number of hydrogen-bond acceptors (Lipinski definition) is 8. The Balaban J connectivity index is 0.000000302. The highest BCUT2D eigenvalue weighted by molar-refractivity contribution is 5.88. The van der Waals surface area contributed by atoms with Crippen molar-refractivity contribution in [2.75, 3.05) is 13.2 Å². The van der Waals surface area contributed by atoms with Crippen molar-refractivity contribution >= 4 is 17.9 Å². The van der Waals surface area contributed by atoms with E-state index in [0.717, 1.165) is 37.6 Å². The molecule has 1 saturated heterocycles. The van der Waals surface area contributed by atoms with Crippen LogP contribution in [0.4, 0.5) is 0 Å². The number of nitrogens with one attached hydrogen (secondary N) is 1. The molecule has 0 bridgehead atoms. The molecular formula is C25H34N2O9. The number of carboxylic acids is 3. The van der Waals surface area contributed by atoms with Crippen LogP contribution in [0.3, 0.4) is 0 Å². The van der Waals surface area contributed by atoms with Crippen molar-refractivity contribution in [3.05, 3.63) is 52.9 Å². The molecule has 1 aromatic heterocycles. The first-order valence-corrected chi connectivity index (χ1v) is 11.6. The van der Waals surface area contributed by atoms with Crippen molar-refractivity contribution in [1.29, 1.82) is 0 Å². The molecule has 2 atom stereocenters. The monoisotopic (exact) mass is 506 g/mol. The highest BCUT2D eigenvalue weighted by atomic mass is 16.5. The largest absolute Gasteiger partial charge is 0.481 e. The Morgan fingerprint density at radius 3 is 2.17 bits per heavy atom. The summed E-state index contributed by atoms with van der Waals surface area (Å²) in [5.41, 5.74) is 0.901. The summed E-state index contributed by atoms with van der Waals surface area (Å²) in [6, 6.07) is 11.3. The molecule has 1 fully saturated rings. The lowest BCUT2D eigenvalue weighted by atomic mass is 9.96. The summed E-state index contributed by atoms with van der Waals surface area (Å²) in [7, 11) is 0. The highest BCUT2D eigenvalue weighted by Gasteiger charge is 2.40. The fourth-order valence-corrected chi connectivity index (χ4v) is 3.78. The van der Waals surface area contributed by atoms with E-state index in [2.05, 4.69) is 48.6 Å². The zero-order valence-electron chi connectivity index (χ0n) is 20.6. The number of benzene rings is 1. The number of aromatic nitrogens is 1. The molecule has 0 unspecified atom stereocenters. The molecule has 2 aromatic rings. The van der Waals surface area contributed by atoms with Crippen molar-refractivity contribution in [3.8, 4) is 0 Å². The maximum Gasteiger partial charge on any atom is 0.336 e. The fraction of sp³-hybridized carbons (Fsp3) is 0.520. The molecule has 11 nitrogen and oxygen atoms in total. The number of hydrogen-bond donors (Lipinski definition) is 5. The van der Waals surface area contributed by atoms with Gasteiger partial charge in [0.25, 0.3) is 0 Å². The van der Waals surface area contributed by atoms with Gasteiger partial charge in [-0.2, -0.15) is 0 Å². The van der Waals surface area contributed by atoms with Gasteiger partial charge in [-0.15, -0.1) is 0 Å². The Morgan fingerprint density at radius 1 is 1.08 bits per heavy atom. The molecule has 1 aromatic carbocycles. The number of aliphatic hydroxyl groups is 1. The maximum absolute atomic E-state index is 10.3. The van der Waals surface area contributed by atoms with E-state index in [0.29, 0.717) is 17.9 Å². The number of rotatable bonds is 11. The van der Waals surface area contributed by atoms with Crippen molar-refractivity contribution in [1.82, 2.24) is 10.5 Å². The second kappa shape index (κ2) is 13.1. The summed E-state index contributed by atoms with van der Waals surface area (Å²) in [5.74, 6) is -3.05. The predicted molar refractivity (Wildman–Crippen MR) is 128 cm³/mol. The van der Waals surface area contributed by atoms with Gasteiger partial charge in [-0.05, 0) is 24.0 Å². The Morgan fingerprint density at radius 2 is 1.69 bits per heavy atom. The second-order valence-electron chi connectivity index (χ2n) is 9.30. The molecule has 2 heterocycles. The molecule has 36 heavy (non-hydrogen) atoms. The van der Waals surface area contributed by atoms with Gasteiger partial charge in [-0.25, -0.2) is 4.79 Å². The van der Waals surface area contributed by atoms with Crippen molar-refractivity contribution < 1.29 is 44.1 Å². The molecule has 11 heteroatoms. The molecule has 0 amide bonds. The van der Waals surface area contributed by atoms with Crippen molar-refractivity contribution in [2.45, 2.75) is 64.1 Å². The van der Waals surface area contributed by atoms with E-state index in [1.54, 1.807) is 0 Å². The molecule has 0 saturated carbocycles. The van der Waals surface area contributed by atoms with Crippen LogP contribution in [0.15, 0.2) is 34.9 Å². The molecule has 1 aliphatic heterocycles. The summed E-state index contributed by atoms with van der Waals surface area (Å²) in [4.78, 5) is 30.5. The van der Waals surface area contributed by atoms with Crippen molar-refractivity contribution in [2.24, 2.45) is 5.92 Å². The van der Waals surface area contributed by atoms with Gasteiger partial charge in [0.15, 0.2) is 5.60 Å². The predicted octanol–water partition coefficient (Wildman–Crippen LogP) is 2.21. The van der Waals surface area contributed by atoms with Gasteiger partial charge in [-0.3, -0.25) is 9.59 Å². The van der Waals surface area contributed by atoms with Crippen LogP contribution in [0.1, 0.15) is 55.2 Å². The van der Waals surface area contributed by atoms with E-state index >= 15 is 0 Å². The maximum atomic E-state index is 10.3. The summed E-state index contributed by atoms with van der Waals surface area (Å²) in [6.07, 6.45) is -1.41. The van der Waals surface area contributed by atoms with Crippen molar-refractivity contribution in [3.63, 3.8) is 0 Å². The minimum atomic E-state index is -2.74. The summed E-state index contributed by atoms with van der Waals surface area (Å²) in [6.45, 7) is 8.82. The van der Waals surface area contributed by atoms with Crippen LogP contribution in [0.25, 0.3) is 0 Å². The van der Waals surface area contributed by atoms with E-state index in [9.17, 15) is 14.4 Å². The van der Waals surface area contributed by atoms with Gasteiger partial charge in [0, 0.05) is 31.0 Å². The van der Waals surface area contributed by atoms with Gasteiger partial charge in [-0.1, -0.05) is 43.3 Å². The molecule has 5 N–H and O–H groups in total. The lowest BCUT2D eigenvalue weighted by molar-refractivity contribution is -0.170. The van der Waals surface area contributed by atoms with Crippen LogP contribution >= 0.6 is 0 Å². The van der Waals surface area contributed by atoms with E-state index in [-0.39, 0.29) is 0 Å². The standard InChI is InChI=1S/C19H26N2O2.C6H8O7/c1-13(2)16-6-4-15(5-7-16)10-20-19-12-22-11-17(19)9-18-8-14(3)21-23-18;7-3(8)1-6(13,5(11)12)2-4(9)10/h4-8,13,17,19-20H,9-12H2,1-3H3;13H,1-2H2,(H,7,8)(H,9,10)(H,11,12)/t17-,19-;/m1./s1. The third kappa shape index (κ3) is 9.06. The minimum Gasteiger partial charge on any atom is -0.481 e. The summed E-state index contributed by atoms with van der Waals surface area (Å²) >= 11 is 0. The van der Waals surface area contributed by atoms with Crippen LogP contribution in [-0.2, 0) is 32.1 Å². The van der Waals surface area contributed by atoms with Gasteiger partial charge >= 0.3 is 17.9 Å². The zero-order valence-corrected chi connectivity index (χ0v) is 20.6. The summed E-state index contributed by atoms with van der Waals surface area (Å²) < 4.78 is 11.0. The SMILES string of the molecule is Cc1cc(C[C@@H]2COC[C@H]2NCc2ccc(C(C)C)cc2)on1.O=C(O)CC(O)(CC(=O)O)C(=O)O. The number of aliphatic carboxylic acids is 3. The molecule has 0 radical (unpaired) electrons. The van der Waals surface area contributed by atoms with Crippen LogP contribution in [0.5, 0.6) is 0 Å². The first kappa shape index (κ1) is 29.0. The van der Waals surface area contributed by atoms with Gasteiger partial charge < -0.3 is 35.0 Å². The molecular weight excluding hydrogens is 472 g/mol. The highest BCUT2D eigenvalue weighted by Crippen LogP contribution is 2.21. The van der Waals surface area contributed by atoms with Gasteiger partial charge in [0.1, 0.15) is 5.76 Å². The normalized spacial score (nSPS) is 17.5. The smallest absolute Gasteiger partial charge is 0.336 e. The lowest BCUT2D eigenvalue weighted by Crippen LogP contribution is -2.42. The zero-order chi connectivity index (χ0) is 26.9. The number of aryl methyl sites for hydroxylation is 1. The third-order valence-electron chi connectivity index (χ3n) is 5.84. The Bertz CT molecular complexity index is 1000. The van der Waals surface area contributed by atoms with Crippen LogP contribution in [-0.4, -0.2) is 68.3 Å². The first-order chi connectivity index (χ1) is 16.9. The average molecular weight is 507 g/mol. The molecule has 0 aliphatic carbocycles. The fourth-order valence-electron chi connectivity index (χ4n) is 3.78. The minimum absolute atomic E-state index is 0.366. The Kier molecular flexibility index (Phi) is 10.6. The van der Waals surface area contributed by atoms with Crippen LogP contribution < -0.4 is 5.32 Å².